The van der Waals surface area contributed by atoms with Crippen LogP contribution in [0.1, 0.15) is 20.3 Å². The van der Waals surface area contributed by atoms with E-state index in [0.717, 1.165) is 13.0 Å². The smallest absolute Gasteiger partial charge is 0.0742 e. The van der Waals surface area contributed by atoms with E-state index in [4.69, 9.17) is 10.5 Å². The van der Waals surface area contributed by atoms with Crippen LogP contribution in [0.5, 0.6) is 0 Å². The Morgan fingerprint density at radius 2 is 2.22 bits per heavy atom. The maximum absolute atomic E-state index is 5.53. The summed E-state index contributed by atoms with van der Waals surface area (Å²) in [5.74, 6) is 0.637. The van der Waals surface area contributed by atoms with Gasteiger partial charge in [-0.05, 0) is 12.3 Å². The molecule has 54 valence electrons. The molecule has 1 saturated carbocycles. The average molecular weight is 129 g/mol. The highest BCUT2D eigenvalue weighted by Crippen LogP contribution is 2.22. The summed E-state index contributed by atoms with van der Waals surface area (Å²) in [4.78, 5) is 0. The monoisotopic (exact) mass is 129 g/mol. The Labute approximate surface area is 56.4 Å². The van der Waals surface area contributed by atoms with Crippen molar-refractivity contribution in [3.8, 4) is 0 Å². The van der Waals surface area contributed by atoms with Gasteiger partial charge in [-0.25, -0.2) is 0 Å². The number of hydrogen-bond acceptors (Lipinski definition) is 2. The Morgan fingerprint density at radius 1 is 1.67 bits per heavy atom. The molecule has 2 atom stereocenters. The maximum atomic E-state index is 5.53. The minimum absolute atomic E-state index is 0.337. The van der Waals surface area contributed by atoms with Crippen LogP contribution in [-0.4, -0.2) is 18.8 Å². The highest BCUT2D eigenvalue weighted by molar-refractivity contribution is 4.91. The Balaban J connectivity index is 1.94. The van der Waals surface area contributed by atoms with Gasteiger partial charge in [0.1, 0.15) is 0 Å². The van der Waals surface area contributed by atoms with Crippen molar-refractivity contribution in [2.45, 2.75) is 32.4 Å². The molecule has 0 radical (unpaired) electrons. The highest BCUT2D eigenvalue weighted by atomic mass is 16.5. The van der Waals surface area contributed by atoms with Crippen LogP contribution >= 0.6 is 0 Å². The second-order valence-corrected chi connectivity index (χ2v) is 3.17. The number of rotatable bonds is 3. The molecular weight excluding hydrogens is 114 g/mol. The lowest BCUT2D eigenvalue weighted by Gasteiger charge is -2.03. The number of nitrogens with two attached hydrogens (primary N) is 1. The normalized spacial score (nSPS) is 33.3. The molecule has 0 heterocycles. The molecule has 0 saturated heterocycles. The summed E-state index contributed by atoms with van der Waals surface area (Å²) in [6.45, 7) is 5.15. The minimum atomic E-state index is 0.337. The molecule has 1 aliphatic carbocycles. The zero-order valence-corrected chi connectivity index (χ0v) is 6.13. The molecule has 9 heavy (non-hydrogen) atoms. The van der Waals surface area contributed by atoms with Crippen LogP contribution in [0.2, 0.25) is 0 Å². The van der Waals surface area contributed by atoms with Crippen LogP contribution in [0, 0.1) is 5.92 Å². The lowest BCUT2D eigenvalue weighted by Crippen LogP contribution is -2.11. The van der Waals surface area contributed by atoms with Gasteiger partial charge in [0.2, 0.25) is 0 Å². The second kappa shape index (κ2) is 2.67. The first-order chi connectivity index (χ1) is 4.20. The summed E-state index contributed by atoms with van der Waals surface area (Å²) in [6.07, 6.45) is 1.44. The first-order valence-corrected chi connectivity index (χ1v) is 3.57. The van der Waals surface area contributed by atoms with E-state index < -0.39 is 0 Å². The predicted octanol–water partition coefficient (Wildman–Crippen LogP) is 0.759. The third-order valence-electron chi connectivity index (χ3n) is 1.42. The molecule has 2 N–H and O–H groups in total. The molecule has 0 aromatic heterocycles. The molecule has 1 fully saturated rings. The Kier molecular flexibility index (Phi) is 2.09. The minimum Gasteiger partial charge on any atom is -0.376 e. The largest absolute Gasteiger partial charge is 0.376 e. The van der Waals surface area contributed by atoms with Crippen molar-refractivity contribution in [2.24, 2.45) is 11.7 Å². The van der Waals surface area contributed by atoms with Crippen LogP contribution < -0.4 is 5.73 Å². The summed E-state index contributed by atoms with van der Waals surface area (Å²) in [7, 11) is 0. The molecule has 0 aliphatic heterocycles. The summed E-state index contributed by atoms with van der Waals surface area (Å²) < 4.78 is 5.40. The van der Waals surface area contributed by atoms with E-state index in [1.807, 2.05) is 0 Å². The first kappa shape index (κ1) is 7.03. The Bertz CT molecular complexity index is 92.9. The Morgan fingerprint density at radius 3 is 2.56 bits per heavy atom. The molecule has 1 rings (SSSR count). The van der Waals surface area contributed by atoms with Gasteiger partial charge in [-0.3, -0.25) is 0 Å². The first-order valence-electron chi connectivity index (χ1n) is 3.57. The van der Waals surface area contributed by atoms with Crippen molar-refractivity contribution in [3.63, 3.8) is 0 Å². The van der Waals surface area contributed by atoms with E-state index in [1.54, 1.807) is 0 Å². The molecule has 0 bridgehead atoms. The molecule has 0 aromatic carbocycles. The van der Waals surface area contributed by atoms with E-state index in [0.29, 0.717) is 18.1 Å². The van der Waals surface area contributed by atoms with Crippen LogP contribution in [0.4, 0.5) is 0 Å². The van der Waals surface area contributed by atoms with Crippen LogP contribution in [0.25, 0.3) is 0 Å². The summed E-state index contributed by atoms with van der Waals surface area (Å²) in [6, 6.07) is 0.337. The molecule has 2 heteroatoms. The van der Waals surface area contributed by atoms with Gasteiger partial charge in [0, 0.05) is 12.6 Å². The molecule has 0 amide bonds. The SMILES string of the molecule is CC(C)CO[C@@H]1C[C@H]1N. The van der Waals surface area contributed by atoms with Gasteiger partial charge in [0.15, 0.2) is 0 Å². The van der Waals surface area contributed by atoms with Gasteiger partial charge in [-0.15, -0.1) is 0 Å². The third kappa shape index (κ3) is 2.33. The third-order valence-corrected chi connectivity index (χ3v) is 1.42. The van der Waals surface area contributed by atoms with E-state index in [1.165, 1.54) is 0 Å². The van der Waals surface area contributed by atoms with Gasteiger partial charge in [0.25, 0.3) is 0 Å². The number of hydrogen-bond donors (Lipinski definition) is 1. The topological polar surface area (TPSA) is 35.2 Å². The van der Waals surface area contributed by atoms with Gasteiger partial charge in [0.05, 0.1) is 6.10 Å². The van der Waals surface area contributed by atoms with Crippen molar-refractivity contribution in [3.05, 3.63) is 0 Å². The molecule has 0 spiro atoms. The van der Waals surface area contributed by atoms with E-state index in [9.17, 15) is 0 Å². The van der Waals surface area contributed by atoms with Crippen molar-refractivity contribution < 1.29 is 4.74 Å². The van der Waals surface area contributed by atoms with Crippen molar-refractivity contribution in [1.29, 1.82) is 0 Å². The van der Waals surface area contributed by atoms with Gasteiger partial charge in [-0.2, -0.15) is 0 Å². The van der Waals surface area contributed by atoms with Gasteiger partial charge >= 0.3 is 0 Å². The van der Waals surface area contributed by atoms with Crippen molar-refractivity contribution in [1.82, 2.24) is 0 Å². The molecule has 2 nitrogen and oxygen atoms in total. The zero-order chi connectivity index (χ0) is 6.85. The van der Waals surface area contributed by atoms with E-state index >= 15 is 0 Å². The molecular formula is C7H15NO. The van der Waals surface area contributed by atoms with Gasteiger partial charge in [-0.1, -0.05) is 13.8 Å². The summed E-state index contributed by atoms with van der Waals surface area (Å²) in [5, 5.41) is 0. The fraction of sp³-hybridized carbons (Fsp3) is 1.00. The predicted molar refractivity (Wildman–Crippen MR) is 37.2 cm³/mol. The van der Waals surface area contributed by atoms with Gasteiger partial charge < -0.3 is 10.5 Å². The lowest BCUT2D eigenvalue weighted by molar-refractivity contribution is 0.0928. The van der Waals surface area contributed by atoms with Crippen LogP contribution in [0.3, 0.4) is 0 Å². The zero-order valence-electron chi connectivity index (χ0n) is 6.13. The number of ether oxygens (including phenoxy) is 1. The fourth-order valence-electron chi connectivity index (χ4n) is 0.697. The quantitative estimate of drug-likeness (QED) is 0.610. The van der Waals surface area contributed by atoms with Crippen molar-refractivity contribution >= 4 is 0 Å². The standard InChI is InChI=1S/C7H15NO/c1-5(2)4-9-7-3-6(7)8/h5-7H,3-4,8H2,1-2H3/t6-,7-/m1/s1. The lowest BCUT2D eigenvalue weighted by atomic mass is 10.2. The highest BCUT2D eigenvalue weighted by Gasteiger charge is 2.34. The van der Waals surface area contributed by atoms with Crippen LogP contribution in [-0.2, 0) is 4.74 Å². The fourth-order valence-corrected chi connectivity index (χ4v) is 0.697. The summed E-state index contributed by atoms with van der Waals surface area (Å²) in [5.41, 5.74) is 5.53. The molecule has 1 aliphatic rings. The Hall–Kier alpha value is -0.0800. The summed E-state index contributed by atoms with van der Waals surface area (Å²) >= 11 is 0. The van der Waals surface area contributed by atoms with E-state index in [2.05, 4.69) is 13.8 Å². The van der Waals surface area contributed by atoms with E-state index in [-0.39, 0.29) is 0 Å². The average Bonchev–Trinajstić information content (AvgIpc) is 2.42. The maximum Gasteiger partial charge on any atom is 0.0742 e. The molecule has 0 aromatic rings. The van der Waals surface area contributed by atoms with Crippen LogP contribution in [0.15, 0.2) is 0 Å². The molecule has 0 unspecified atom stereocenters. The second-order valence-electron chi connectivity index (χ2n) is 3.17. The van der Waals surface area contributed by atoms with Crippen molar-refractivity contribution in [2.75, 3.05) is 6.61 Å².